The molecular weight excluding hydrogens is 256 g/mol. The van der Waals surface area contributed by atoms with E-state index in [4.69, 9.17) is 5.73 Å². The van der Waals surface area contributed by atoms with E-state index in [0.29, 0.717) is 5.39 Å². The summed E-state index contributed by atoms with van der Waals surface area (Å²) < 4.78 is 0. The molecule has 1 unspecified atom stereocenters. The minimum absolute atomic E-state index is 0.0556. The quantitative estimate of drug-likeness (QED) is 0.788. The average molecular weight is 272 g/mol. The van der Waals surface area contributed by atoms with Crippen LogP contribution in [0.1, 0.15) is 23.7 Å². The van der Waals surface area contributed by atoms with Gasteiger partial charge < -0.3 is 16.2 Å². The summed E-state index contributed by atoms with van der Waals surface area (Å²) in [4.78, 5) is 22.9. The molecule has 5 heteroatoms. The molecule has 0 aliphatic carbocycles. The zero-order chi connectivity index (χ0) is 14.7. The van der Waals surface area contributed by atoms with E-state index in [2.05, 4.69) is 5.32 Å². The lowest BCUT2D eigenvalue weighted by molar-refractivity contribution is -0.118. The molecule has 0 spiro atoms. The first kappa shape index (κ1) is 13.9. The number of aromatic hydroxyl groups is 1. The number of nitrogens with two attached hydrogens (primary N) is 1. The van der Waals surface area contributed by atoms with Crippen molar-refractivity contribution in [3.63, 3.8) is 0 Å². The third kappa shape index (κ3) is 2.88. The van der Waals surface area contributed by atoms with Crippen LogP contribution in [0.25, 0.3) is 10.8 Å². The number of primary amides is 1. The first-order valence-corrected chi connectivity index (χ1v) is 6.29. The third-order valence-corrected chi connectivity index (χ3v) is 3.03. The van der Waals surface area contributed by atoms with E-state index >= 15 is 0 Å². The van der Waals surface area contributed by atoms with Crippen molar-refractivity contribution in [1.82, 2.24) is 5.32 Å². The Morgan fingerprint density at radius 2 is 1.95 bits per heavy atom. The molecule has 2 amide bonds. The minimum atomic E-state index is -0.486. The molecule has 1 atom stereocenters. The van der Waals surface area contributed by atoms with Crippen molar-refractivity contribution in [2.24, 2.45) is 5.73 Å². The average Bonchev–Trinajstić information content (AvgIpc) is 2.38. The van der Waals surface area contributed by atoms with Crippen molar-refractivity contribution in [1.29, 1.82) is 0 Å². The van der Waals surface area contributed by atoms with Crippen LogP contribution in [0.2, 0.25) is 0 Å². The summed E-state index contributed by atoms with van der Waals surface area (Å²) in [6, 6.07) is 10.2. The fraction of sp³-hybridized carbons (Fsp3) is 0.200. The first-order valence-electron chi connectivity index (χ1n) is 6.29. The summed E-state index contributed by atoms with van der Waals surface area (Å²) in [6.45, 7) is 1.68. The lowest BCUT2D eigenvalue weighted by atomic mass is 10.0. The summed E-state index contributed by atoms with van der Waals surface area (Å²) in [5.74, 6) is -0.977. The Morgan fingerprint density at radius 1 is 1.25 bits per heavy atom. The number of hydrogen-bond acceptors (Lipinski definition) is 3. The van der Waals surface area contributed by atoms with E-state index in [1.807, 2.05) is 12.1 Å². The molecule has 0 aromatic heterocycles. The van der Waals surface area contributed by atoms with Crippen molar-refractivity contribution < 1.29 is 14.7 Å². The van der Waals surface area contributed by atoms with Crippen LogP contribution in [0.5, 0.6) is 5.75 Å². The Labute approximate surface area is 116 Å². The standard InChI is InChI=1S/C15H16N2O3/c1-9(8-13(16)18)17-15(20)12-7-6-10-4-2-3-5-11(10)14(12)19/h2-7,9,19H,8H2,1H3,(H2,16,18)(H,17,20). The van der Waals surface area contributed by atoms with Gasteiger partial charge in [-0.3, -0.25) is 9.59 Å². The predicted molar refractivity (Wildman–Crippen MR) is 76.4 cm³/mol. The van der Waals surface area contributed by atoms with Gasteiger partial charge in [0.2, 0.25) is 5.91 Å². The topological polar surface area (TPSA) is 92.4 Å². The van der Waals surface area contributed by atoms with Gasteiger partial charge in [0.25, 0.3) is 5.91 Å². The minimum Gasteiger partial charge on any atom is -0.506 e. The van der Waals surface area contributed by atoms with Gasteiger partial charge in [0.05, 0.1) is 5.56 Å². The SMILES string of the molecule is CC(CC(N)=O)NC(=O)c1ccc2ccccc2c1O. The van der Waals surface area contributed by atoms with E-state index in [-0.39, 0.29) is 23.8 Å². The zero-order valence-electron chi connectivity index (χ0n) is 11.1. The second-order valence-electron chi connectivity index (χ2n) is 4.73. The molecule has 0 saturated carbocycles. The molecule has 0 aliphatic rings. The number of hydrogen-bond donors (Lipinski definition) is 3. The number of nitrogens with one attached hydrogen (secondary N) is 1. The molecule has 0 saturated heterocycles. The van der Waals surface area contributed by atoms with Gasteiger partial charge in [-0.15, -0.1) is 0 Å². The summed E-state index contributed by atoms with van der Waals surface area (Å²) in [5, 5.41) is 14.3. The molecule has 0 radical (unpaired) electrons. The van der Waals surface area contributed by atoms with Crippen LogP contribution >= 0.6 is 0 Å². The van der Waals surface area contributed by atoms with Gasteiger partial charge in [-0.1, -0.05) is 30.3 Å². The van der Waals surface area contributed by atoms with Crippen LogP contribution in [0.15, 0.2) is 36.4 Å². The summed E-state index contributed by atoms with van der Waals surface area (Å²) in [6.07, 6.45) is 0.0556. The zero-order valence-corrected chi connectivity index (χ0v) is 11.1. The van der Waals surface area contributed by atoms with Gasteiger partial charge in [-0.2, -0.15) is 0 Å². The second kappa shape index (κ2) is 5.61. The largest absolute Gasteiger partial charge is 0.506 e. The van der Waals surface area contributed by atoms with Crippen LogP contribution in [-0.4, -0.2) is 23.0 Å². The fourth-order valence-corrected chi connectivity index (χ4v) is 2.09. The number of phenolic OH excluding ortho intramolecular Hbond substituents is 1. The van der Waals surface area contributed by atoms with Gasteiger partial charge in [-0.05, 0) is 18.4 Å². The molecule has 2 aromatic carbocycles. The van der Waals surface area contributed by atoms with Crippen LogP contribution in [0.3, 0.4) is 0 Å². The normalized spacial score (nSPS) is 12.1. The Balaban J connectivity index is 2.26. The maximum Gasteiger partial charge on any atom is 0.255 e. The second-order valence-corrected chi connectivity index (χ2v) is 4.73. The maximum atomic E-state index is 12.1. The van der Waals surface area contributed by atoms with Gasteiger partial charge in [0.1, 0.15) is 5.75 Å². The number of fused-ring (bicyclic) bond motifs is 1. The predicted octanol–water partition coefficient (Wildman–Crippen LogP) is 1.54. The van der Waals surface area contributed by atoms with E-state index in [1.165, 1.54) is 0 Å². The molecule has 104 valence electrons. The van der Waals surface area contributed by atoms with Crippen molar-refractivity contribution >= 4 is 22.6 Å². The highest BCUT2D eigenvalue weighted by atomic mass is 16.3. The first-order chi connectivity index (χ1) is 9.49. The maximum absolute atomic E-state index is 12.1. The Morgan fingerprint density at radius 3 is 2.65 bits per heavy atom. The van der Waals surface area contributed by atoms with E-state index in [0.717, 1.165) is 5.39 Å². The fourth-order valence-electron chi connectivity index (χ4n) is 2.09. The molecule has 0 heterocycles. The van der Waals surface area contributed by atoms with E-state index in [1.54, 1.807) is 31.2 Å². The highest BCUT2D eigenvalue weighted by Crippen LogP contribution is 2.28. The van der Waals surface area contributed by atoms with E-state index in [9.17, 15) is 14.7 Å². The lowest BCUT2D eigenvalue weighted by Gasteiger charge is -2.13. The Bertz CT molecular complexity index is 667. The number of rotatable bonds is 4. The van der Waals surface area contributed by atoms with Gasteiger partial charge in [-0.25, -0.2) is 0 Å². The molecule has 20 heavy (non-hydrogen) atoms. The summed E-state index contributed by atoms with van der Waals surface area (Å²) in [5.41, 5.74) is 5.25. The molecule has 0 aliphatic heterocycles. The lowest BCUT2D eigenvalue weighted by Crippen LogP contribution is -2.35. The highest BCUT2D eigenvalue weighted by Gasteiger charge is 2.16. The van der Waals surface area contributed by atoms with Crippen LogP contribution < -0.4 is 11.1 Å². The number of phenols is 1. The summed E-state index contributed by atoms with van der Waals surface area (Å²) >= 11 is 0. The van der Waals surface area contributed by atoms with E-state index < -0.39 is 11.8 Å². The smallest absolute Gasteiger partial charge is 0.255 e. The Kier molecular flexibility index (Phi) is 3.89. The monoisotopic (exact) mass is 272 g/mol. The van der Waals surface area contributed by atoms with Gasteiger partial charge in [0.15, 0.2) is 0 Å². The number of carbonyl (C=O) groups is 2. The molecule has 5 nitrogen and oxygen atoms in total. The molecule has 0 bridgehead atoms. The molecule has 4 N–H and O–H groups in total. The third-order valence-electron chi connectivity index (χ3n) is 3.03. The Hall–Kier alpha value is -2.56. The summed E-state index contributed by atoms with van der Waals surface area (Å²) in [7, 11) is 0. The van der Waals surface area contributed by atoms with Crippen LogP contribution in [-0.2, 0) is 4.79 Å². The molecular formula is C15H16N2O3. The van der Waals surface area contributed by atoms with Crippen LogP contribution in [0, 0.1) is 0 Å². The van der Waals surface area contributed by atoms with Gasteiger partial charge >= 0.3 is 0 Å². The number of carbonyl (C=O) groups excluding carboxylic acids is 2. The number of amides is 2. The highest BCUT2D eigenvalue weighted by molar-refractivity contribution is 6.03. The molecule has 0 fully saturated rings. The number of benzene rings is 2. The van der Waals surface area contributed by atoms with Crippen molar-refractivity contribution in [2.75, 3.05) is 0 Å². The van der Waals surface area contributed by atoms with Gasteiger partial charge in [0, 0.05) is 17.8 Å². The molecule has 2 aromatic rings. The van der Waals surface area contributed by atoms with Crippen molar-refractivity contribution in [2.45, 2.75) is 19.4 Å². The van der Waals surface area contributed by atoms with Crippen molar-refractivity contribution in [3.05, 3.63) is 42.0 Å². The van der Waals surface area contributed by atoms with Crippen molar-refractivity contribution in [3.8, 4) is 5.75 Å². The molecule has 2 rings (SSSR count). The van der Waals surface area contributed by atoms with Crippen LogP contribution in [0.4, 0.5) is 0 Å².